The van der Waals surface area contributed by atoms with Gasteiger partial charge in [-0.2, -0.15) is 13.5 Å². The number of amides is 2. The quantitative estimate of drug-likeness (QED) is 0.643. The highest BCUT2D eigenvalue weighted by atomic mass is 32.3. The molecule has 0 saturated carbocycles. The molecule has 2 aliphatic rings. The number of carbonyl (C=O) groups is 1. The van der Waals surface area contributed by atoms with Crippen molar-refractivity contribution in [3.63, 3.8) is 0 Å². The van der Waals surface area contributed by atoms with Gasteiger partial charge in [0.05, 0.1) is 6.04 Å². The molecule has 2 amide bonds. The van der Waals surface area contributed by atoms with Crippen molar-refractivity contribution < 1.29 is 22.0 Å². The summed E-state index contributed by atoms with van der Waals surface area (Å²) in [5.74, 6) is 0. The van der Waals surface area contributed by atoms with Gasteiger partial charge in [-0.25, -0.2) is 4.79 Å². The second kappa shape index (κ2) is 3.07. The molecule has 2 heterocycles. The van der Waals surface area contributed by atoms with Crippen LogP contribution in [0.15, 0.2) is 0 Å². The molecular weight excluding hydrogens is 212 g/mol. The topological polar surface area (TPSA) is 87.2 Å². The Morgan fingerprint density at radius 3 is 2.79 bits per heavy atom. The van der Waals surface area contributed by atoms with E-state index in [1.807, 2.05) is 0 Å². The zero-order valence-corrected chi connectivity index (χ0v) is 8.11. The number of rotatable bonds is 2. The maximum absolute atomic E-state index is 11.4. The molecule has 0 aromatic heterocycles. The summed E-state index contributed by atoms with van der Waals surface area (Å²) in [6, 6.07) is -0.761. The average Bonchev–Trinajstić information content (AvgIpc) is 2.28. The Morgan fingerprint density at radius 1 is 1.50 bits per heavy atom. The Hall–Kier alpha value is -0.860. The molecule has 7 nitrogen and oxygen atoms in total. The third kappa shape index (κ3) is 1.68. The summed E-state index contributed by atoms with van der Waals surface area (Å²) >= 11 is 0. The monoisotopic (exact) mass is 222 g/mol. The number of fused-ring (bicyclic) bond motifs is 2. The van der Waals surface area contributed by atoms with Crippen molar-refractivity contribution in [2.45, 2.75) is 18.9 Å². The number of urea groups is 1. The van der Waals surface area contributed by atoms with Crippen LogP contribution in [-0.2, 0) is 14.7 Å². The number of hydrogen-bond donors (Lipinski definition) is 1. The number of hydroxylamine groups is 2. The van der Waals surface area contributed by atoms with Gasteiger partial charge in [-0.3, -0.25) is 4.55 Å². The van der Waals surface area contributed by atoms with Crippen LogP contribution in [-0.4, -0.2) is 48.1 Å². The molecule has 80 valence electrons. The van der Waals surface area contributed by atoms with Gasteiger partial charge in [-0.05, 0) is 12.8 Å². The number of carbonyl (C=O) groups excluding carboxylic acids is 1. The average molecular weight is 222 g/mol. The lowest BCUT2D eigenvalue weighted by Crippen LogP contribution is -2.35. The lowest BCUT2D eigenvalue weighted by atomic mass is 10.1. The zero-order valence-electron chi connectivity index (χ0n) is 7.29. The molecule has 1 N–H and O–H groups in total. The Balaban J connectivity index is 2.16. The fourth-order valence-electron chi connectivity index (χ4n) is 1.81. The van der Waals surface area contributed by atoms with Crippen LogP contribution in [0.1, 0.15) is 12.8 Å². The minimum absolute atomic E-state index is 0.266. The van der Waals surface area contributed by atoms with E-state index >= 15 is 0 Å². The van der Waals surface area contributed by atoms with Gasteiger partial charge in [0.2, 0.25) is 0 Å². The number of piperidine rings is 1. The minimum atomic E-state index is -4.60. The number of nitrogens with zero attached hydrogens (tertiary/aromatic N) is 2. The molecular formula is C6H10N2O5S. The van der Waals surface area contributed by atoms with Crippen LogP contribution in [0.25, 0.3) is 0 Å². The van der Waals surface area contributed by atoms with E-state index in [1.54, 1.807) is 0 Å². The van der Waals surface area contributed by atoms with Crippen molar-refractivity contribution in [2.24, 2.45) is 0 Å². The van der Waals surface area contributed by atoms with E-state index in [9.17, 15) is 13.2 Å². The normalized spacial score (nSPS) is 27.2. The van der Waals surface area contributed by atoms with Gasteiger partial charge in [0, 0.05) is 13.1 Å². The lowest BCUT2D eigenvalue weighted by molar-refractivity contribution is -0.0316. The van der Waals surface area contributed by atoms with Crippen molar-refractivity contribution in [3.8, 4) is 0 Å². The van der Waals surface area contributed by atoms with Gasteiger partial charge < -0.3 is 4.90 Å². The maximum Gasteiger partial charge on any atom is 0.418 e. The van der Waals surface area contributed by atoms with Gasteiger partial charge in [-0.15, -0.1) is 4.28 Å². The van der Waals surface area contributed by atoms with Crippen molar-refractivity contribution in [2.75, 3.05) is 13.1 Å². The summed E-state index contributed by atoms with van der Waals surface area (Å²) in [6.07, 6.45) is 1.51. The van der Waals surface area contributed by atoms with E-state index in [-0.39, 0.29) is 6.04 Å². The molecule has 1 atom stereocenters. The van der Waals surface area contributed by atoms with Crippen LogP contribution in [0.5, 0.6) is 0 Å². The van der Waals surface area contributed by atoms with Crippen molar-refractivity contribution in [1.82, 2.24) is 9.96 Å². The first-order valence-electron chi connectivity index (χ1n) is 4.22. The smallest absolute Gasteiger partial charge is 0.321 e. The fourth-order valence-corrected chi connectivity index (χ4v) is 2.20. The predicted molar refractivity (Wildman–Crippen MR) is 44.5 cm³/mol. The molecule has 14 heavy (non-hydrogen) atoms. The lowest BCUT2D eigenvalue weighted by Gasteiger charge is -2.20. The van der Waals surface area contributed by atoms with E-state index in [0.29, 0.717) is 19.5 Å². The van der Waals surface area contributed by atoms with Crippen molar-refractivity contribution in [1.29, 1.82) is 0 Å². The van der Waals surface area contributed by atoms with Crippen molar-refractivity contribution >= 4 is 16.4 Å². The van der Waals surface area contributed by atoms with E-state index in [2.05, 4.69) is 4.28 Å². The largest absolute Gasteiger partial charge is 0.418 e. The van der Waals surface area contributed by atoms with Crippen LogP contribution >= 0.6 is 0 Å². The fraction of sp³-hybridized carbons (Fsp3) is 0.833. The minimum Gasteiger partial charge on any atom is -0.321 e. The third-order valence-electron chi connectivity index (χ3n) is 2.36. The summed E-state index contributed by atoms with van der Waals surface area (Å²) in [6.45, 7) is 1.08. The second-order valence-corrected chi connectivity index (χ2v) is 4.36. The zero-order chi connectivity index (χ0) is 10.3. The van der Waals surface area contributed by atoms with Gasteiger partial charge in [0.25, 0.3) is 0 Å². The summed E-state index contributed by atoms with van der Waals surface area (Å²) in [7, 11) is -4.60. The maximum atomic E-state index is 11.4. The first-order valence-corrected chi connectivity index (χ1v) is 5.59. The molecule has 8 heteroatoms. The molecule has 2 aliphatic heterocycles. The van der Waals surface area contributed by atoms with Crippen molar-refractivity contribution in [3.05, 3.63) is 0 Å². The van der Waals surface area contributed by atoms with Crippen LogP contribution in [0.4, 0.5) is 4.79 Å². The Kier molecular flexibility index (Phi) is 2.13. The molecule has 0 aromatic rings. The van der Waals surface area contributed by atoms with Gasteiger partial charge in [-0.1, -0.05) is 0 Å². The van der Waals surface area contributed by atoms with Crippen LogP contribution in [0.2, 0.25) is 0 Å². The predicted octanol–water partition coefficient (Wildman–Crippen LogP) is -0.379. The highest BCUT2D eigenvalue weighted by Gasteiger charge is 2.42. The van der Waals surface area contributed by atoms with Gasteiger partial charge in [0.1, 0.15) is 0 Å². The van der Waals surface area contributed by atoms with E-state index in [1.165, 1.54) is 4.90 Å². The Labute approximate surface area is 81.1 Å². The van der Waals surface area contributed by atoms with E-state index in [0.717, 1.165) is 11.5 Å². The highest BCUT2D eigenvalue weighted by Crippen LogP contribution is 2.25. The highest BCUT2D eigenvalue weighted by molar-refractivity contribution is 7.80. The van der Waals surface area contributed by atoms with E-state index < -0.39 is 16.4 Å². The summed E-state index contributed by atoms with van der Waals surface area (Å²) in [5.41, 5.74) is 0. The molecule has 2 saturated heterocycles. The molecule has 2 rings (SSSR count). The summed E-state index contributed by atoms with van der Waals surface area (Å²) in [5, 5.41) is 0.738. The SMILES string of the molecule is O=C1N2CCCC(C2)N1OS(=O)(=O)O. The second-order valence-electron chi connectivity index (χ2n) is 3.35. The van der Waals surface area contributed by atoms with Crippen LogP contribution in [0, 0.1) is 0 Å². The van der Waals surface area contributed by atoms with Crippen LogP contribution < -0.4 is 0 Å². The molecule has 0 aliphatic carbocycles. The first-order chi connectivity index (χ1) is 6.47. The third-order valence-corrected chi connectivity index (χ3v) is 2.71. The molecule has 0 aromatic carbocycles. The van der Waals surface area contributed by atoms with Gasteiger partial charge in [0.15, 0.2) is 0 Å². The first kappa shape index (κ1) is 9.69. The molecule has 0 spiro atoms. The molecule has 2 fully saturated rings. The molecule has 1 unspecified atom stereocenters. The standard InChI is InChI=1S/C6H10N2O5S/c9-6-7-3-1-2-5(4-7)8(6)13-14(10,11)12/h5H,1-4H2,(H,10,11,12). The number of hydrogen-bond acceptors (Lipinski definition) is 4. The van der Waals surface area contributed by atoms with E-state index in [4.69, 9.17) is 4.55 Å². The summed E-state index contributed by atoms with van der Waals surface area (Å²) < 4.78 is 33.5. The van der Waals surface area contributed by atoms with Crippen LogP contribution in [0.3, 0.4) is 0 Å². The van der Waals surface area contributed by atoms with Gasteiger partial charge >= 0.3 is 16.4 Å². The molecule has 0 radical (unpaired) electrons. The Bertz CT molecular complexity index is 353. The Morgan fingerprint density at radius 2 is 2.21 bits per heavy atom. The summed E-state index contributed by atoms with van der Waals surface area (Å²) in [4.78, 5) is 12.9. The molecule has 2 bridgehead atoms.